The van der Waals surface area contributed by atoms with Crippen molar-refractivity contribution in [2.24, 2.45) is 5.73 Å². The molecule has 0 aliphatic rings. The average Bonchev–Trinajstić information content (AvgIpc) is 2.61. The molecule has 25 heavy (non-hydrogen) atoms. The van der Waals surface area contributed by atoms with Crippen molar-refractivity contribution in [3.63, 3.8) is 0 Å². The summed E-state index contributed by atoms with van der Waals surface area (Å²) in [6.45, 7) is 0.863. The third-order valence-corrected chi connectivity index (χ3v) is 5.19. The molecule has 0 saturated carbocycles. The van der Waals surface area contributed by atoms with Crippen molar-refractivity contribution in [1.82, 2.24) is 10.0 Å². The molecule has 4 N–H and O–H groups in total. The fourth-order valence-electron chi connectivity index (χ4n) is 2.39. The molecule has 0 aromatic heterocycles. The SMILES string of the molecule is NC(=O)NCCCCCNS(=O)(=O)c1ccc(-c2ccccc2)cc1. The highest BCUT2D eigenvalue weighted by atomic mass is 32.2. The molecule has 0 bridgehead atoms. The lowest BCUT2D eigenvalue weighted by molar-refractivity contribution is 0.248. The summed E-state index contributed by atoms with van der Waals surface area (Å²) in [4.78, 5) is 10.8. The van der Waals surface area contributed by atoms with E-state index in [9.17, 15) is 13.2 Å². The van der Waals surface area contributed by atoms with E-state index in [0.29, 0.717) is 19.5 Å². The standard InChI is InChI=1S/C18H23N3O3S/c19-18(22)20-13-5-2-6-14-21-25(23,24)17-11-9-16(10-12-17)15-7-3-1-4-8-15/h1,3-4,7-12,21H,2,5-6,13-14H2,(H3,19,20,22). The topological polar surface area (TPSA) is 101 Å². The van der Waals surface area contributed by atoms with E-state index >= 15 is 0 Å². The number of sulfonamides is 1. The lowest BCUT2D eigenvalue weighted by Gasteiger charge is -2.08. The zero-order chi connectivity index (χ0) is 18.1. The molecule has 2 amide bonds. The summed E-state index contributed by atoms with van der Waals surface area (Å²) in [6.07, 6.45) is 2.26. The Balaban J connectivity index is 1.82. The quantitative estimate of drug-likeness (QED) is 0.598. The number of hydrogen-bond acceptors (Lipinski definition) is 3. The molecule has 7 heteroatoms. The van der Waals surface area contributed by atoms with Gasteiger partial charge in [-0.15, -0.1) is 0 Å². The van der Waals surface area contributed by atoms with Crippen LogP contribution in [0.2, 0.25) is 0 Å². The van der Waals surface area contributed by atoms with Crippen LogP contribution in [0.3, 0.4) is 0 Å². The van der Waals surface area contributed by atoms with E-state index in [1.165, 1.54) is 0 Å². The molecule has 2 rings (SSSR count). The number of nitrogens with two attached hydrogens (primary N) is 1. The normalized spacial score (nSPS) is 11.2. The van der Waals surface area contributed by atoms with Crippen LogP contribution in [0.5, 0.6) is 0 Å². The van der Waals surface area contributed by atoms with Crippen LogP contribution >= 0.6 is 0 Å². The predicted octanol–water partition coefficient (Wildman–Crippen LogP) is 2.47. The van der Waals surface area contributed by atoms with E-state index in [-0.39, 0.29) is 4.90 Å². The van der Waals surface area contributed by atoms with E-state index < -0.39 is 16.1 Å². The maximum atomic E-state index is 12.3. The first-order valence-corrected chi connectivity index (χ1v) is 9.66. The second-order valence-electron chi connectivity index (χ2n) is 5.64. The molecule has 2 aromatic rings. The third-order valence-electron chi connectivity index (χ3n) is 3.72. The van der Waals surface area contributed by atoms with Crippen LogP contribution in [-0.4, -0.2) is 27.5 Å². The molecular formula is C18H23N3O3S. The number of unbranched alkanes of at least 4 members (excludes halogenated alkanes) is 2. The summed E-state index contributed by atoms with van der Waals surface area (Å²) in [7, 11) is -3.51. The molecular weight excluding hydrogens is 338 g/mol. The summed E-state index contributed by atoms with van der Waals surface area (Å²) in [5.41, 5.74) is 6.98. The van der Waals surface area contributed by atoms with Crippen molar-refractivity contribution < 1.29 is 13.2 Å². The summed E-state index contributed by atoms with van der Waals surface area (Å²) in [6, 6.07) is 16.1. The molecule has 0 spiro atoms. The van der Waals surface area contributed by atoms with Crippen LogP contribution in [0.25, 0.3) is 11.1 Å². The van der Waals surface area contributed by atoms with E-state index in [2.05, 4.69) is 10.0 Å². The maximum Gasteiger partial charge on any atom is 0.312 e. The van der Waals surface area contributed by atoms with Gasteiger partial charge in [-0.3, -0.25) is 0 Å². The molecule has 0 aliphatic heterocycles. The van der Waals surface area contributed by atoms with Gasteiger partial charge in [-0.25, -0.2) is 17.9 Å². The first kappa shape index (κ1) is 19.0. The number of nitrogens with one attached hydrogen (secondary N) is 2. The van der Waals surface area contributed by atoms with Crippen molar-refractivity contribution in [3.05, 3.63) is 54.6 Å². The Morgan fingerprint density at radius 3 is 2.08 bits per heavy atom. The van der Waals surface area contributed by atoms with E-state index in [4.69, 9.17) is 5.73 Å². The Bertz CT molecular complexity index is 775. The lowest BCUT2D eigenvalue weighted by atomic mass is 10.1. The van der Waals surface area contributed by atoms with Gasteiger partial charge >= 0.3 is 6.03 Å². The summed E-state index contributed by atoms with van der Waals surface area (Å²) >= 11 is 0. The van der Waals surface area contributed by atoms with Gasteiger partial charge in [-0.1, -0.05) is 48.9 Å². The Kier molecular flexibility index (Phi) is 6.97. The van der Waals surface area contributed by atoms with Crippen molar-refractivity contribution >= 4 is 16.1 Å². The van der Waals surface area contributed by atoms with E-state index in [1.807, 2.05) is 30.3 Å². The molecule has 0 radical (unpaired) electrons. The zero-order valence-corrected chi connectivity index (χ0v) is 14.8. The predicted molar refractivity (Wildman–Crippen MR) is 98.5 cm³/mol. The van der Waals surface area contributed by atoms with Crippen LogP contribution < -0.4 is 15.8 Å². The number of rotatable bonds is 9. The number of carbonyl (C=O) groups excluding carboxylic acids is 1. The second-order valence-corrected chi connectivity index (χ2v) is 7.41. The molecule has 0 unspecified atom stereocenters. The number of benzene rings is 2. The Morgan fingerprint density at radius 1 is 0.840 bits per heavy atom. The maximum absolute atomic E-state index is 12.3. The van der Waals surface area contributed by atoms with E-state index in [0.717, 1.165) is 24.0 Å². The zero-order valence-electron chi connectivity index (χ0n) is 13.9. The lowest BCUT2D eigenvalue weighted by Crippen LogP contribution is -2.30. The van der Waals surface area contributed by atoms with Gasteiger partial charge in [0.05, 0.1) is 4.90 Å². The van der Waals surface area contributed by atoms with Gasteiger partial charge in [0, 0.05) is 13.1 Å². The van der Waals surface area contributed by atoms with Gasteiger partial charge in [0.25, 0.3) is 0 Å². The van der Waals surface area contributed by atoms with Gasteiger partial charge in [-0.2, -0.15) is 0 Å². The molecule has 0 fully saturated rings. The number of amides is 2. The van der Waals surface area contributed by atoms with Gasteiger partial charge in [0.2, 0.25) is 10.0 Å². The van der Waals surface area contributed by atoms with Crippen molar-refractivity contribution in [3.8, 4) is 11.1 Å². The summed E-state index contributed by atoms with van der Waals surface area (Å²) < 4.78 is 27.1. The first-order chi connectivity index (χ1) is 12.0. The van der Waals surface area contributed by atoms with Crippen LogP contribution in [0, 0.1) is 0 Å². The van der Waals surface area contributed by atoms with Gasteiger partial charge in [0.1, 0.15) is 0 Å². The third kappa shape index (κ3) is 6.21. The molecule has 0 atom stereocenters. The molecule has 2 aromatic carbocycles. The smallest absolute Gasteiger partial charge is 0.312 e. The van der Waals surface area contributed by atoms with Crippen molar-refractivity contribution in [1.29, 1.82) is 0 Å². The number of hydrogen-bond donors (Lipinski definition) is 3. The summed E-state index contributed by atoms with van der Waals surface area (Å²) in [5, 5.41) is 2.50. The number of carbonyl (C=O) groups is 1. The van der Waals surface area contributed by atoms with Crippen LogP contribution in [-0.2, 0) is 10.0 Å². The van der Waals surface area contributed by atoms with Crippen molar-refractivity contribution in [2.45, 2.75) is 24.2 Å². The minimum Gasteiger partial charge on any atom is -0.352 e. The average molecular weight is 361 g/mol. The Morgan fingerprint density at radius 2 is 1.44 bits per heavy atom. The fourth-order valence-corrected chi connectivity index (χ4v) is 3.46. The van der Waals surface area contributed by atoms with Crippen LogP contribution in [0.15, 0.2) is 59.5 Å². The highest BCUT2D eigenvalue weighted by Gasteiger charge is 2.13. The van der Waals surface area contributed by atoms with Crippen LogP contribution in [0.1, 0.15) is 19.3 Å². The first-order valence-electron chi connectivity index (χ1n) is 8.17. The Labute approximate surface area is 148 Å². The molecule has 6 nitrogen and oxygen atoms in total. The summed E-state index contributed by atoms with van der Waals surface area (Å²) in [5.74, 6) is 0. The largest absolute Gasteiger partial charge is 0.352 e. The van der Waals surface area contributed by atoms with E-state index in [1.54, 1.807) is 24.3 Å². The van der Waals surface area contributed by atoms with Gasteiger partial charge in [-0.05, 0) is 36.1 Å². The second kappa shape index (κ2) is 9.19. The van der Waals surface area contributed by atoms with Gasteiger partial charge in [0.15, 0.2) is 0 Å². The van der Waals surface area contributed by atoms with Gasteiger partial charge < -0.3 is 11.1 Å². The fraction of sp³-hybridized carbons (Fsp3) is 0.278. The monoisotopic (exact) mass is 361 g/mol. The number of urea groups is 1. The van der Waals surface area contributed by atoms with Crippen molar-refractivity contribution in [2.75, 3.05) is 13.1 Å². The highest BCUT2D eigenvalue weighted by molar-refractivity contribution is 7.89. The Hall–Kier alpha value is -2.38. The number of primary amides is 1. The molecule has 134 valence electrons. The molecule has 0 aliphatic carbocycles. The minimum atomic E-state index is -3.51. The minimum absolute atomic E-state index is 0.252. The molecule has 0 saturated heterocycles. The highest BCUT2D eigenvalue weighted by Crippen LogP contribution is 2.20. The van der Waals surface area contributed by atoms with Crippen LogP contribution in [0.4, 0.5) is 4.79 Å². The molecule has 0 heterocycles.